The van der Waals surface area contributed by atoms with Crippen LogP contribution in [0.4, 0.5) is 0 Å². The molecular formula is C21H30O9. The third-order valence-electron chi connectivity index (χ3n) is 4.68. The van der Waals surface area contributed by atoms with E-state index in [0.29, 0.717) is 5.75 Å². The van der Waals surface area contributed by atoms with E-state index in [1.165, 1.54) is 0 Å². The molecule has 0 spiro atoms. The Kier molecular flexibility index (Phi) is 5.35. The van der Waals surface area contributed by atoms with Crippen LogP contribution in [0.5, 0.6) is 5.75 Å². The molecule has 1 saturated heterocycles. The highest BCUT2D eigenvalue weighted by molar-refractivity contribution is 5.76. The van der Waals surface area contributed by atoms with Gasteiger partial charge in [-0.25, -0.2) is 4.79 Å². The van der Waals surface area contributed by atoms with Crippen molar-refractivity contribution in [1.82, 2.24) is 0 Å². The van der Waals surface area contributed by atoms with Gasteiger partial charge in [-0.15, -0.1) is 0 Å². The maximum atomic E-state index is 13.1. The number of carboxylic acids is 1. The first-order chi connectivity index (χ1) is 16.4. The van der Waals surface area contributed by atoms with Gasteiger partial charge in [-0.3, -0.25) is 4.79 Å². The van der Waals surface area contributed by atoms with Crippen molar-refractivity contribution in [3.63, 3.8) is 0 Å². The molecule has 2 rings (SSSR count). The highest BCUT2D eigenvalue weighted by Gasteiger charge is 2.49. The summed E-state index contributed by atoms with van der Waals surface area (Å²) in [5.74, 6) is -3.08. The summed E-state index contributed by atoms with van der Waals surface area (Å²) in [4.78, 5) is 24.4. The van der Waals surface area contributed by atoms with Gasteiger partial charge in [-0.2, -0.15) is 0 Å². The third kappa shape index (κ3) is 5.69. The largest absolute Gasteiger partial charge is 0.493 e. The summed E-state index contributed by atoms with van der Waals surface area (Å²) in [7, 11) is 0. The van der Waals surface area contributed by atoms with E-state index in [4.69, 9.17) is 27.5 Å². The van der Waals surface area contributed by atoms with Crippen molar-refractivity contribution in [2.24, 2.45) is 5.41 Å². The monoisotopic (exact) mass is 432 g/mol. The second kappa shape index (κ2) is 9.74. The predicted octanol–water partition coefficient (Wildman–Crippen LogP) is 0.924. The summed E-state index contributed by atoms with van der Waals surface area (Å²) < 4.78 is 62.6. The molecule has 0 amide bonds. The molecule has 9 heteroatoms. The average molecular weight is 432 g/mol. The maximum absolute atomic E-state index is 13.1. The van der Waals surface area contributed by atoms with Gasteiger partial charge in [-0.1, -0.05) is 12.1 Å². The number of carbonyl (C=O) groups excluding carboxylic acids is 1. The number of aliphatic hydroxyl groups excluding tert-OH is 3. The van der Waals surface area contributed by atoms with Crippen molar-refractivity contribution in [2.75, 3.05) is 6.61 Å². The molecule has 1 aromatic carbocycles. The number of ether oxygens (including phenoxy) is 3. The molecule has 1 heterocycles. The number of hydrogen-bond donors (Lipinski definition) is 4. The van der Waals surface area contributed by atoms with Crippen LogP contribution in [0.2, 0.25) is 0 Å². The van der Waals surface area contributed by atoms with E-state index < -0.39 is 68.2 Å². The van der Waals surface area contributed by atoms with Crippen molar-refractivity contribution >= 4 is 11.9 Å². The minimum absolute atomic E-state index is 0.139. The molecule has 5 atom stereocenters. The second-order valence-corrected chi connectivity index (χ2v) is 7.27. The normalized spacial score (nSPS) is 30.6. The van der Waals surface area contributed by atoms with Gasteiger partial charge >= 0.3 is 11.9 Å². The number of aryl methyl sites for hydroxylation is 2. The van der Waals surface area contributed by atoms with Crippen LogP contribution in [0.25, 0.3) is 0 Å². The zero-order valence-electron chi connectivity index (χ0n) is 22.6. The van der Waals surface area contributed by atoms with Gasteiger partial charge in [0.15, 0.2) is 6.10 Å². The van der Waals surface area contributed by atoms with Gasteiger partial charge in [0.05, 0.1) is 12.0 Å². The van der Waals surface area contributed by atoms with Crippen molar-refractivity contribution in [3.05, 3.63) is 29.3 Å². The molecule has 1 aliphatic heterocycles. The lowest BCUT2D eigenvalue weighted by molar-refractivity contribution is -0.288. The van der Waals surface area contributed by atoms with Crippen LogP contribution in [0.15, 0.2) is 18.2 Å². The van der Waals surface area contributed by atoms with Gasteiger partial charge in [0, 0.05) is 8.22 Å². The SMILES string of the molecule is [2H]C([2H])([2H])C(CCCOc1cc(C)ccc1C)(C(=O)O[C@@H]1OC(C(=O)O)[C@@H](O)[C@@H](O)C1O)C([2H])([2H])[2H]. The van der Waals surface area contributed by atoms with Crippen LogP contribution in [0.3, 0.4) is 0 Å². The maximum Gasteiger partial charge on any atom is 0.335 e. The van der Waals surface area contributed by atoms with Gasteiger partial charge in [0.2, 0.25) is 6.29 Å². The molecule has 2 unspecified atom stereocenters. The fraction of sp³-hybridized carbons (Fsp3) is 0.619. The van der Waals surface area contributed by atoms with Gasteiger partial charge < -0.3 is 34.6 Å². The first kappa shape index (κ1) is 16.5. The van der Waals surface area contributed by atoms with Crippen LogP contribution < -0.4 is 4.74 Å². The second-order valence-electron chi connectivity index (χ2n) is 7.27. The number of esters is 1. The first-order valence-electron chi connectivity index (χ1n) is 12.3. The van der Waals surface area contributed by atoms with E-state index in [0.717, 1.165) is 11.1 Å². The summed E-state index contributed by atoms with van der Waals surface area (Å²) in [6.45, 7) is -3.38. The van der Waals surface area contributed by atoms with Crippen molar-refractivity contribution in [2.45, 2.75) is 71.1 Å². The van der Waals surface area contributed by atoms with E-state index in [1.54, 1.807) is 13.0 Å². The molecule has 0 bridgehead atoms. The highest BCUT2D eigenvalue weighted by atomic mass is 16.7. The molecule has 1 aliphatic rings. The molecule has 168 valence electrons. The van der Waals surface area contributed by atoms with Crippen LogP contribution in [0, 0.1) is 19.3 Å². The lowest BCUT2D eigenvalue weighted by Gasteiger charge is -2.39. The molecule has 4 N–H and O–H groups in total. The van der Waals surface area contributed by atoms with Crippen molar-refractivity contribution in [3.8, 4) is 5.75 Å². The zero-order valence-corrected chi connectivity index (χ0v) is 16.6. The van der Waals surface area contributed by atoms with E-state index in [-0.39, 0.29) is 13.0 Å². The van der Waals surface area contributed by atoms with E-state index in [1.807, 2.05) is 19.1 Å². The molecule has 1 fully saturated rings. The van der Waals surface area contributed by atoms with Crippen LogP contribution >= 0.6 is 0 Å². The number of benzene rings is 1. The average Bonchev–Trinajstić information content (AvgIpc) is 2.74. The number of hydrogen-bond acceptors (Lipinski definition) is 8. The topological polar surface area (TPSA) is 143 Å². The molecule has 0 radical (unpaired) electrons. The molecule has 30 heavy (non-hydrogen) atoms. The fourth-order valence-corrected chi connectivity index (χ4v) is 2.84. The van der Waals surface area contributed by atoms with Crippen LogP contribution in [-0.2, 0) is 19.1 Å². The number of carbonyl (C=O) groups is 2. The molecule has 1 aromatic rings. The molecular weight excluding hydrogens is 396 g/mol. The van der Waals surface area contributed by atoms with Gasteiger partial charge in [0.1, 0.15) is 24.1 Å². The third-order valence-corrected chi connectivity index (χ3v) is 4.68. The first-order valence-corrected chi connectivity index (χ1v) is 9.27. The van der Waals surface area contributed by atoms with E-state index in [9.17, 15) is 24.9 Å². The Hall–Kier alpha value is -2.20. The minimum Gasteiger partial charge on any atom is -0.493 e. The Morgan fingerprint density at radius 2 is 1.87 bits per heavy atom. The lowest BCUT2D eigenvalue weighted by atomic mass is 9.88. The molecule has 0 saturated carbocycles. The Morgan fingerprint density at radius 3 is 2.50 bits per heavy atom. The zero-order chi connectivity index (χ0) is 27.6. The van der Waals surface area contributed by atoms with Crippen molar-refractivity contribution in [1.29, 1.82) is 0 Å². The summed E-state index contributed by atoms with van der Waals surface area (Å²) in [5, 5.41) is 38.9. The Labute approximate surface area is 183 Å². The highest BCUT2D eigenvalue weighted by Crippen LogP contribution is 2.29. The number of aliphatic hydroxyl groups is 3. The smallest absolute Gasteiger partial charge is 0.335 e. The Balaban J connectivity index is 2.29. The Morgan fingerprint density at radius 1 is 1.17 bits per heavy atom. The van der Waals surface area contributed by atoms with E-state index in [2.05, 4.69) is 0 Å². The predicted molar refractivity (Wildman–Crippen MR) is 105 cm³/mol. The number of aliphatic carboxylic acids is 1. The van der Waals surface area contributed by atoms with E-state index >= 15 is 0 Å². The molecule has 0 aromatic heterocycles. The standard InChI is InChI=1S/C21H30O9/c1-11-6-7-12(2)13(10-11)28-9-5-8-21(3,4)20(27)30-19-16(24)14(22)15(23)17(29-19)18(25)26/h6-7,10,14-17,19,22-24H,5,8-9H2,1-4H3,(H,25,26)/t14-,15+,16?,17?,19+/m1/s1/i3D3,4D3. The fourth-order valence-electron chi connectivity index (χ4n) is 2.84. The number of carboxylic acid groups (broad SMARTS) is 1. The number of rotatable bonds is 8. The van der Waals surface area contributed by atoms with Crippen LogP contribution in [-0.4, -0.2) is 69.7 Å². The van der Waals surface area contributed by atoms with Crippen LogP contribution in [0.1, 0.15) is 45.9 Å². The molecule has 0 aliphatic carbocycles. The summed E-state index contributed by atoms with van der Waals surface area (Å²) >= 11 is 0. The van der Waals surface area contributed by atoms with Gasteiger partial charge in [0.25, 0.3) is 0 Å². The van der Waals surface area contributed by atoms with Crippen molar-refractivity contribution < 1.29 is 52.5 Å². The summed E-state index contributed by atoms with van der Waals surface area (Å²) in [6.07, 6.45) is -11.8. The molecule has 9 nitrogen and oxygen atoms in total. The Bertz CT molecular complexity index is 935. The summed E-state index contributed by atoms with van der Waals surface area (Å²) in [6, 6.07) is 5.41. The quantitative estimate of drug-likeness (QED) is 0.348. The lowest BCUT2D eigenvalue weighted by Crippen LogP contribution is -2.61. The summed E-state index contributed by atoms with van der Waals surface area (Å²) in [5.41, 5.74) is -1.42. The minimum atomic E-state index is -3.43. The van der Waals surface area contributed by atoms with Gasteiger partial charge in [-0.05, 0) is 57.6 Å².